The van der Waals surface area contributed by atoms with Crippen LogP contribution in [0.2, 0.25) is 0 Å². The lowest BCUT2D eigenvalue weighted by Gasteiger charge is -2.16. The van der Waals surface area contributed by atoms with E-state index in [9.17, 15) is 4.79 Å². The van der Waals surface area contributed by atoms with Crippen LogP contribution >= 0.6 is 0 Å². The summed E-state index contributed by atoms with van der Waals surface area (Å²) in [5.74, 6) is -0.243. The van der Waals surface area contributed by atoms with Crippen molar-refractivity contribution < 1.29 is 4.79 Å². The molecule has 2 aromatic rings. The summed E-state index contributed by atoms with van der Waals surface area (Å²) in [5.41, 5.74) is 8.46. The van der Waals surface area contributed by atoms with E-state index in [0.717, 1.165) is 17.7 Å². The lowest BCUT2D eigenvalue weighted by molar-refractivity contribution is 0.0929. The van der Waals surface area contributed by atoms with Crippen LogP contribution in [0.25, 0.3) is 0 Å². The van der Waals surface area contributed by atoms with Crippen molar-refractivity contribution in [3.05, 3.63) is 53.6 Å². The number of aryl methyl sites for hydroxylation is 1. The van der Waals surface area contributed by atoms with Crippen LogP contribution in [0.1, 0.15) is 41.1 Å². The van der Waals surface area contributed by atoms with E-state index in [0.29, 0.717) is 11.4 Å². The molecule has 2 heterocycles. The molecular formula is C15H18N4O. The summed E-state index contributed by atoms with van der Waals surface area (Å²) in [7, 11) is 0. The molecule has 0 unspecified atom stereocenters. The van der Waals surface area contributed by atoms with Crippen LogP contribution in [-0.4, -0.2) is 15.9 Å². The Balaban J connectivity index is 2.16. The number of amides is 1. The molecule has 0 aliphatic rings. The van der Waals surface area contributed by atoms with Gasteiger partial charge in [-0.05, 0) is 43.2 Å². The lowest BCUT2D eigenvalue weighted by atomic mass is 10.1. The number of hydrogen-bond acceptors (Lipinski definition) is 4. The van der Waals surface area contributed by atoms with E-state index >= 15 is 0 Å². The van der Waals surface area contributed by atoms with Crippen LogP contribution in [0, 0.1) is 6.92 Å². The van der Waals surface area contributed by atoms with Gasteiger partial charge in [-0.1, -0.05) is 6.92 Å². The highest BCUT2D eigenvalue weighted by Crippen LogP contribution is 2.16. The second-order valence-electron chi connectivity index (χ2n) is 4.67. The number of anilines is 1. The monoisotopic (exact) mass is 270 g/mol. The van der Waals surface area contributed by atoms with Crippen molar-refractivity contribution in [1.29, 1.82) is 0 Å². The van der Waals surface area contributed by atoms with Gasteiger partial charge in [0, 0.05) is 18.1 Å². The number of nitrogen functional groups attached to an aromatic ring is 1. The Morgan fingerprint density at radius 3 is 2.70 bits per heavy atom. The first kappa shape index (κ1) is 14.0. The van der Waals surface area contributed by atoms with Gasteiger partial charge in [0.15, 0.2) is 0 Å². The lowest BCUT2D eigenvalue weighted by Crippen LogP contribution is -2.29. The summed E-state index contributed by atoms with van der Waals surface area (Å²) >= 11 is 0. The van der Waals surface area contributed by atoms with E-state index in [1.807, 2.05) is 26.0 Å². The Morgan fingerprint density at radius 2 is 2.05 bits per heavy atom. The number of hydrogen-bond donors (Lipinski definition) is 2. The molecule has 0 bridgehead atoms. The van der Waals surface area contributed by atoms with Crippen molar-refractivity contribution in [2.24, 2.45) is 0 Å². The molecule has 1 amide bonds. The van der Waals surface area contributed by atoms with Gasteiger partial charge >= 0.3 is 0 Å². The average molecular weight is 270 g/mol. The summed E-state index contributed by atoms with van der Waals surface area (Å²) in [6, 6.07) is 6.98. The molecule has 0 radical (unpaired) electrons. The van der Waals surface area contributed by atoms with E-state index < -0.39 is 0 Å². The highest BCUT2D eigenvalue weighted by Gasteiger charge is 2.16. The number of nitrogens with one attached hydrogen (secondary N) is 1. The Hall–Kier alpha value is -2.43. The summed E-state index contributed by atoms with van der Waals surface area (Å²) in [5, 5.41) is 2.93. The van der Waals surface area contributed by atoms with Gasteiger partial charge in [0.2, 0.25) is 0 Å². The maximum absolute atomic E-state index is 12.2. The maximum Gasteiger partial charge on any atom is 0.270 e. The van der Waals surface area contributed by atoms with Crippen molar-refractivity contribution in [1.82, 2.24) is 15.3 Å². The number of carbonyl (C=O) groups is 1. The van der Waals surface area contributed by atoms with Gasteiger partial charge in [0.05, 0.1) is 11.7 Å². The highest BCUT2D eigenvalue weighted by atomic mass is 16.1. The number of pyridine rings is 2. The first-order valence-corrected chi connectivity index (χ1v) is 6.55. The summed E-state index contributed by atoms with van der Waals surface area (Å²) in [6.07, 6.45) is 4.03. The molecule has 2 rings (SSSR count). The fourth-order valence-corrected chi connectivity index (χ4v) is 1.94. The summed E-state index contributed by atoms with van der Waals surface area (Å²) in [4.78, 5) is 20.5. The number of nitrogens with zero attached hydrogens (tertiary/aromatic N) is 2. The van der Waals surface area contributed by atoms with Gasteiger partial charge in [-0.25, -0.2) is 0 Å². The molecule has 0 aliphatic heterocycles. The second-order valence-corrected chi connectivity index (χ2v) is 4.67. The van der Waals surface area contributed by atoms with Crippen LogP contribution in [0.3, 0.4) is 0 Å². The Bertz CT molecular complexity index is 612. The van der Waals surface area contributed by atoms with E-state index in [1.165, 1.54) is 6.20 Å². The molecule has 5 heteroatoms. The van der Waals surface area contributed by atoms with Crippen LogP contribution in [0.4, 0.5) is 5.69 Å². The summed E-state index contributed by atoms with van der Waals surface area (Å²) in [6.45, 7) is 4.00. The van der Waals surface area contributed by atoms with E-state index in [4.69, 9.17) is 5.73 Å². The number of carbonyl (C=O) groups excluding carboxylic acids is 1. The topological polar surface area (TPSA) is 80.9 Å². The fourth-order valence-electron chi connectivity index (χ4n) is 1.94. The minimum Gasteiger partial charge on any atom is -0.399 e. The molecule has 1 atom stereocenters. The Morgan fingerprint density at radius 1 is 1.30 bits per heavy atom. The zero-order valence-electron chi connectivity index (χ0n) is 11.6. The van der Waals surface area contributed by atoms with Gasteiger partial charge in [0.1, 0.15) is 5.69 Å². The minimum absolute atomic E-state index is 0.134. The van der Waals surface area contributed by atoms with Crippen molar-refractivity contribution >= 4 is 11.6 Å². The molecule has 5 nitrogen and oxygen atoms in total. The largest absolute Gasteiger partial charge is 0.399 e. The van der Waals surface area contributed by atoms with Crippen LogP contribution in [-0.2, 0) is 0 Å². The van der Waals surface area contributed by atoms with Gasteiger partial charge in [-0.2, -0.15) is 0 Å². The molecule has 0 saturated heterocycles. The Kier molecular flexibility index (Phi) is 4.30. The first-order valence-electron chi connectivity index (χ1n) is 6.55. The predicted octanol–water partition coefficient (Wildman–Crippen LogP) is 2.25. The predicted molar refractivity (Wildman–Crippen MR) is 78.1 cm³/mol. The van der Waals surface area contributed by atoms with Gasteiger partial charge < -0.3 is 11.1 Å². The van der Waals surface area contributed by atoms with Crippen LogP contribution in [0.5, 0.6) is 0 Å². The van der Waals surface area contributed by atoms with Gasteiger partial charge in [-0.3, -0.25) is 14.8 Å². The van der Waals surface area contributed by atoms with Crippen molar-refractivity contribution in [3.8, 4) is 0 Å². The van der Waals surface area contributed by atoms with Crippen LogP contribution in [0.15, 0.2) is 36.7 Å². The molecule has 20 heavy (non-hydrogen) atoms. The molecular weight excluding hydrogens is 252 g/mol. The Labute approximate surface area is 118 Å². The normalized spacial score (nSPS) is 11.9. The van der Waals surface area contributed by atoms with Crippen molar-refractivity contribution in [2.75, 3.05) is 5.73 Å². The van der Waals surface area contributed by atoms with Crippen LogP contribution < -0.4 is 11.1 Å². The number of rotatable bonds is 4. The zero-order chi connectivity index (χ0) is 14.5. The third-order valence-corrected chi connectivity index (χ3v) is 3.02. The average Bonchev–Trinajstić information content (AvgIpc) is 2.44. The number of aromatic nitrogens is 2. The highest BCUT2D eigenvalue weighted by molar-refractivity contribution is 5.93. The molecule has 0 fully saturated rings. The summed E-state index contributed by atoms with van der Waals surface area (Å²) < 4.78 is 0. The zero-order valence-corrected chi connectivity index (χ0v) is 11.6. The number of nitrogens with two attached hydrogens (primary N) is 1. The third kappa shape index (κ3) is 3.32. The molecule has 0 aliphatic carbocycles. The van der Waals surface area contributed by atoms with E-state index in [2.05, 4.69) is 15.3 Å². The van der Waals surface area contributed by atoms with Crippen molar-refractivity contribution in [2.45, 2.75) is 26.3 Å². The second kappa shape index (κ2) is 6.14. The first-order chi connectivity index (χ1) is 9.60. The molecule has 0 spiro atoms. The fraction of sp³-hybridized carbons (Fsp3) is 0.267. The minimum atomic E-state index is -0.243. The third-order valence-electron chi connectivity index (χ3n) is 3.02. The van der Waals surface area contributed by atoms with Crippen molar-refractivity contribution in [3.63, 3.8) is 0 Å². The van der Waals surface area contributed by atoms with Gasteiger partial charge in [0.25, 0.3) is 5.91 Å². The standard InChI is InChI=1S/C15H18N4O/c1-3-12(13-8-10(2)4-6-17-13)19-15(20)14-9-11(16)5-7-18-14/h4-9,12H,3H2,1-2H3,(H2,16,18)(H,19,20)/t12-/m1/s1. The quantitative estimate of drug-likeness (QED) is 0.892. The molecule has 104 valence electrons. The van der Waals surface area contributed by atoms with E-state index in [-0.39, 0.29) is 11.9 Å². The van der Waals surface area contributed by atoms with E-state index in [1.54, 1.807) is 18.3 Å². The maximum atomic E-state index is 12.2. The smallest absolute Gasteiger partial charge is 0.270 e. The molecule has 0 saturated carbocycles. The molecule has 3 N–H and O–H groups in total. The SMILES string of the molecule is CC[C@@H](NC(=O)c1cc(N)ccn1)c1cc(C)ccn1. The molecule has 2 aromatic heterocycles. The van der Waals surface area contributed by atoms with Gasteiger partial charge in [-0.15, -0.1) is 0 Å². The molecule has 0 aromatic carbocycles.